The van der Waals surface area contributed by atoms with E-state index in [4.69, 9.17) is 5.21 Å². The van der Waals surface area contributed by atoms with E-state index in [9.17, 15) is 4.79 Å². The number of fused-ring (bicyclic) bond motifs is 1. The molecule has 2 rings (SSSR count). The van der Waals surface area contributed by atoms with Crippen LogP contribution in [0.3, 0.4) is 0 Å². The van der Waals surface area contributed by atoms with Crippen LogP contribution in [-0.2, 0) is 13.0 Å². The molecule has 27 heavy (non-hydrogen) atoms. The van der Waals surface area contributed by atoms with E-state index in [1.54, 1.807) is 11.7 Å². The molecule has 0 spiro atoms. The van der Waals surface area contributed by atoms with E-state index in [0.29, 0.717) is 11.5 Å². The van der Waals surface area contributed by atoms with Gasteiger partial charge in [-0.15, -0.1) is 6.58 Å². The van der Waals surface area contributed by atoms with Crippen LogP contribution in [0, 0.1) is 17.8 Å². The smallest absolute Gasteiger partial charge is 0.276 e. The van der Waals surface area contributed by atoms with Crippen molar-refractivity contribution in [2.24, 2.45) is 17.8 Å². The van der Waals surface area contributed by atoms with Crippen LogP contribution in [0.4, 0.5) is 0 Å². The number of hydroxylamine groups is 1. The van der Waals surface area contributed by atoms with Crippen molar-refractivity contribution in [1.82, 2.24) is 15.4 Å². The summed E-state index contributed by atoms with van der Waals surface area (Å²) in [5.41, 5.74) is 4.24. The van der Waals surface area contributed by atoms with Crippen LogP contribution in [0.25, 0.3) is 0 Å². The van der Waals surface area contributed by atoms with E-state index >= 15 is 0 Å². The molecule has 150 valence electrons. The third-order valence-corrected chi connectivity index (χ3v) is 5.75. The Labute approximate surface area is 163 Å². The summed E-state index contributed by atoms with van der Waals surface area (Å²) in [7, 11) is 0. The van der Waals surface area contributed by atoms with Gasteiger partial charge >= 0.3 is 0 Å². The van der Waals surface area contributed by atoms with Crippen LogP contribution in [0.15, 0.2) is 24.9 Å². The fraction of sp³-hybridized carbons (Fsp3) is 0.636. The van der Waals surface area contributed by atoms with Gasteiger partial charge in [-0.2, -0.15) is 0 Å². The molecule has 0 fully saturated rings. The van der Waals surface area contributed by atoms with Gasteiger partial charge in [-0.05, 0) is 55.1 Å². The molecule has 2 N–H and O–H groups in total. The number of rotatable bonds is 10. The highest BCUT2D eigenvalue weighted by atomic mass is 16.5. The second-order valence-corrected chi connectivity index (χ2v) is 8.24. The van der Waals surface area contributed by atoms with Crippen molar-refractivity contribution in [3.8, 4) is 0 Å². The maximum Gasteiger partial charge on any atom is 0.276 e. The lowest BCUT2D eigenvalue weighted by Gasteiger charge is -2.32. The zero-order valence-corrected chi connectivity index (χ0v) is 17.1. The number of nitrogens with one attached hydrogen (secondary N) is 1. The number of carbonyl (C=O) groups excluding carboxylic acids is 1. The minimum atomic E-state index is -0.505. The fourth-order valence-electron chi connectivity index (χ4n) is 4.18. The Balaban J connectivity index is 1.96. The summed E-state index contributed by atoms with van der Waals surface area (Å²) in [6.45, 7) is 13.8. The number of allylic oxidation sites excluding steroid dienone is 1. The van der Waals surface area contributed by atoms with Gasteiger partial charge in [0.05, 0.1) is 11.3 Å². The summed E-state index contributed by atoms with van der Waals surface area (Å²) < 4.78 is 0. The molecule has 0 radical (unpaired) electrons. The lowest BCUT2D eigenvalue weighted by atomic mass is 9.86. The maximum atomic E-state index is 11.6. The summed E-state index contributed by atoms with van der Waals surface area (Å²) in [6, 6.07) is 1.85. The number of aromatic nitrogens is 1. The first-order valence-electron chi connectivity index (χ1n) is 10.2. The highest BCUT2D eigenvalue weighted by molar-refractivity contribution is 5.93. The van der Waals surface area contributed by atoms with Gasteiger partial charge in [0.15, 0.2) is 0 Å². The Morgan fingerprint density at radius 3 is 2.85 bits per heavy atom. The molecule has 5 nitrogen and oxygen atoms in total. The van der Waals surface area contributed by atoms with Crippen LogP contribution in [-0.4, -0.2) is 34.1 Å². The summed E-state index contributed by atoms with van der Waals surface area (Å²) in [4.78, 5) is 18.5. The van der Waals surface area contributed by atoms with Crippen molar-refractivity contribution < 1.29 is 10.0 Å². The van der Waals surface area contributed by atoms with E-state index in [1.807, 2.05) is 6.07 Å². The molecule has 0 aromatic carbocycles. The Kier molecular flexibility index (Phi) is 8.45. The molecule has 1 aliphatic rings. The lowest BCUT2D eigenvalue weighted by molar-refractivity contribution is 0.0705. The molecule has 0 aliphatic carbocycles. The number of amides is 1. The zero-order chi connectivity index (χ0) is 19.8. The molecule has 3 atom stereocenters. The van der Waals surface area contributed by atoms with Crippen molar-refractivity contribution in [1.29, 1.82) is 0 Å². The van der Waals surface area contributed by atoms with E-state index < -0.39 is 5.91 Å². The van der Waals surface area contributed by atoms with Crippen molar-refractivity contribution in [3.63, 3.8) is 0 Å². The Morgan fingerprint density at radius 1 is 1.41 bits per heavy atom. The highest BCUT2D eigenvalue weighted by Gasteiger charge is 2.22. The summed E-state index contributed by atoms with van der Waals surface area (Å²) in [5, 5.41) is 8.78. The van der Waals surface area contributed by atoms with Crippen LogP contribution in [0.1, 0.15) is 68.1 Å². The minimum absolute atomic E-state index is 0.410. The first-order valence-corrected chi connectivity index (χ1v) is 10.2. The monoisotopic (exact) mass is 373 g/mol. The van der Waals surface area contributed by atoms with Gasteiger partial charge in [-0.3, -0.25) is 19.9 Å². The van der Waals surface area contributed by atoms with Gasteiger partial charge in [-0.25, -0.2) is 5.48 Å². The first-order chi connectivity index (χ1) is 13.0. The maximum absolute atomic E-state index is 11.6. The molecule has 2 heterocycles. The third-order valence-electron chi connectivity index (χ3n) is 5.75. The molecule has 3 unspecified atom stereocenters. The van der Waals surface area contributed by atoms with Crippen molar-refractivity contribution >= 4 is 5.91 Å². The Hall–Kier alpha value is -1.72. The third kappa shape index (κ3) is 6.43. The Morgan fingerprint density at radius 2 is 2.19 bits per heavy atom. The number of nitrogens with zero attached hydrogens (tertiary/aromatic N) is 2. The molecule has 0 bridgehead atoms. The number of hydrogen-bond donors (Lipinski definition) is 2. The van der Waals surface area contributed by atoms with Crippen LogP contribution < -0.4 is 5.48 Å². The normalized spacial score (nSPS) is 17.6. The molecule has 1 amide bonds. The molecule has 5 heteroatoms. The molecule has 1 aliphatic heterocycles. The molecule has 0 saturated heterocycles. The molecular formula is C22H35N3O2. The SMILES string of the molecule is C=CCC(CC(C)CC(C)CC)CN1CCc2cc(C(=O)NO)cnc2C1. The van der Waals surface area contributed by atoms with Gasteiger partial charge in [0.1, 0.15) is 0 Å². The van der Waals surface area contributed by atoms with Gasteiger partial charge in [0.2, 0.25) is 0 Å². The van der Waals surface area contributed by atoms with Gasteiger partial charge in [0, 0.05) is 25.8 Å². The standard InChI is InChI=1S/C22H35N3O2/c1-5-7-18(11-17(4)10-16(3)6-2)14-25-9-8-19-12-20(22(26)24-27)13-23-21(19)15-25/h5,12-13,16-18,27H,1,6-11,14-15H2,2-4H3,(H,24,26). The molecular weight excluding hydrogens is 338 g/mol. The van der Waals surface area contributed by atoms with Gasteiger partial charge in [0.25, 0.3) is 5.91 Å². The number of hydrogen-bond acceptors (Lipinski definition) is 4. The van der Waals surface area contributed by atoms with Crippen molar-refractivity contribution in [2.75, 3.05) is 13.1 Å². The van der Waals surface area contributed by atoms with Crippen LogP contribution >= 0.6 is 0 Å². The van der Waals surface area contributed by atoms with Crippen molar-refractivity contribution in [3.05, 3.63) is 41.7 Å². The molecule has 0 saturated carbocycles. The second kappa shape index (κ2) is 10.6. The van der Waals surface area contributed by atoms with E-state index in [0.717, 1.165) is 55.6 Å². The largest absolute Gasteiger partial charge is 0.297 e. The Bertz CT molecular complexity index is 632. The van der Waals surface area contributed by atoms with Gasteiger partial charge < -0.3 is 0 Å². The average Bonchev–Trinajstić information content (AvgIpc) is 2.66. The fourth-order valence-corrected chi connectivity index (χ4v) is 4.18. The van der Waals surface area contributed by atoms with E-state index in [1.165, 1.54) is 19.3 Å². The van der Waals surface area contributed by atoms with E-state index in [-0.39, 0.29) is 0 Å². The summed E-state index contributed by atoms with van der Waals surface area (Å²) in [6.07, 6.45) is 9.32. The minimum Gasteiger partial charge on any atom is -0.297 e. The summed E-state index contributed by atoms with van der Waals surface area (Å²) >= 11 is 0. The lowest BCUT2D eigenvalue weighted by Crippen LogP contribution is -2.36. The first kappa shape index (κ1) is 21.6. The molecule has 1 aromatic heterocycles. The number of carbonyl (C=O) groups is 1. The van der Waals surface area contributed by atoms with Crippen molar-refractivity contribution in [2.45, 2.75) is 59.4 Å². The second-order valence-electron chi connectivity index (χ2n) is 8.24. The van der Waals surface area contributed by atoms with Crippen LogP contribution in [0.5, 0.6) is 0 Å². The highest BCUT2D eigenvalue weighted by Crippen LogP contribution is 2.26. The quantitative estimate of drug-likeness (QED) is 0.366. The van der Waals surface area contributed by atoms with E-state index in [2.05, 4.69) is 43.3 Å². The summed E-state index contributed by atoms with van der Waals surface area (Å²) in [5.74, 6) is 1.65. The van der Waals surface area contributed by atoms with Crippen LogP contribution in [0.2, 0.25) is 0 Å². The van der Waals surface area contributed by atoms with Gasteiger partial charge in [-0.1, -0.05) is 33.3 Å². The topological polar surface area (TPSA) is 65.5 Å². The predicted octanol–water partition coefficient (Wildman–Crippen LogP) is 4.21. The average molecular weight is 374 g/mol. The molecule has 1 aromatic rings. The zero-order valence-electron chi connectivity index (χ0n) is 17.1. The number of pyridine rings is 1. The predicted molar refractivity (Wildman–Crippen MR) is 109 cm³/mol.